The van der Waals surface area contributed by atoms with Crippen molar-refractivity contribution in [3.8, 4) is 0 Å². The van der Waals surface area contributed by atoms with Crippen LogP contribution in [-0.4, -0.2) is 36.7 Å². The van der Waals surface area contributed by atoms with Gasteiger partial charge in [-0.15, -0.1) is 66.5 Å². The maximum Gasteiger partial charge on any atom is 0.369 e. The average Bonchev–Trinajstić information content (AvgIpc) is 2.41. The van der Waals surface area contributed by atoms with Crippen LogP contribution in [0, 0.1) is 0 Å². The van der Waals surface area contributed by atoms with Gasteiger partial charge in [-0.3, -0.25) is 0 Å². The fraction of sp³-hybridized carbons (Fsp3) is 0.733. The minimum atomic E-state index is -2.72. The van der Waals surface area contributed by atoms with E-state index < -0.39 is 12.0 Å². The van der Waals surface area contributed by atoms with Gasteiger partial charge in [0, 0.05) is 0 Å². The second kappa shape index (κ2) is 14.6. The van der Waals surface area contributed by atoms with Gasteiger partial charge in [0.1, 0.15) is 0 Å². The van der Waals surface area contributed by atoms with Gasteiger partial charge in [0.25, 0.3) is 0 Å². The average molecular weight is 509 g/mol. The highest BCUT2D eigenvalue weighted by molar-refractivity contribution is 7.65. The SMILES string of the molecule is C=C(C)COC(CC)[Si](Cl)(Cl)Cl.C=C(C)COC(CCC)[Si](Cl)(Cl)Cl. The summed E-state index contributed by atoms with van der Waals surface area (Å²) >= 11 is 35.0. The topological polar surface area (TPSA) is 18.5 Å². The van der Waals surface area contributed by atoms with E-state index in [0.29, 0.717) is 13.2 Å². The first-order valence-corrected chi connectivity index (χ1v) is 18.1. The van der Waals surface area contributed by atoms with Crippen molar-refractivity contribution in [3.63, 3.8) is 0 Å². The van der Waals surface area contributed by atoms with Crippen LogP contribution in [0.15, 0.2) is 24.3 Å². The summed E-state index contributed by atoms with van der Waals surface area (Å²) in [5.41, 5.74) is 1.46. The molecule has 0 aliphatic carbocycles. The van der Waals surface area contributed by atoms with Crippen molar-refractivity contribution in [3.05, 3.63) is 24.3 Å². The molecule has 2 unspecified atom stereocenters. The largest absolute Gasteiger partial charge is 0.373 e. The monoisotopic (exact) mass is 506 g/mol. The highest BCUT2D eigenvalue weighted by Gasteiger charge is 2.37. The van der Waals surface area contributed by atoms with Gasteiger partial charge in [-0.2, -0.15) is 0 Å². The first-order chi connectivity index (χ1) is 11.3. The van der Waals surface area contributed by atoms with E-state index in [2.05, 4.69) is 13.2 Å². The Kier molecular flexibility index (Phi) is 16.8. The molecule has 0 amide bonds. The van der Waals surface area contributed by atoms with Crippen LogP contribution in [0.2, 0.25) is 0 Å². The lowest BCUT2D eigenvalue weighted by atomic mass is 10.3. The summed E-state index contributed by atoms with van der Waals surface area (Å²) in [5.74, 6) is 0. The summed E-state index contributed by atoms with van der Waals surface area (Å²) in [6, 6.07) is -5.42. The molecule has 2 nitrogen and oxygen atoms in total. The molecule has 0 N–H and O–H groups in total. The quantitative estimate of drug-likeness (QED) is 0.163. The molecular formula is C15H28Cl6O2Si2. The van der Waals surface area contributed by atoms with Crippen molar-refractivity contribution in [1.82, 2.24) is 0 Å². The minimum absolute atomic E-state index is 0.209. The maximum atomic E-state index is 5.88. The molecule has 0 fully saturated rings. The van der Waals surface area contributed by atoms with Gasteiger partial charge in [-0.25, -0.2) is 0 Å². The fourth-order valence-corrected chi connectivity index (χ4v) is 6.66. The number of ether oxygens (including phenoxy) is 2. The van der Waals surface area contributed by atoms with Gasteiger partial charge >= 0.3 is 12.0 Å². The number of hydrogen-bond acceptors (Lipinski definition) is 2. The normalized spacial score (nSPS) is 14.3. The molecule has 0 saturated heterocycles. The van der Waals surface area contributed by atoms with Crippen molar-refractivity contribution in [2.45, 2.75) is 58.4 Å². The zero-order chi connectivity index (χ0) is 20.3. The zero-order valence-electron chi connectivity index (χ0n) is 15.2. The van der Waals surface area contributed by atoms with Crippen molar-refractivity contribution < 1.29 is 9.47 Å². The van der Waals surface area contributed by atoms with E-state index in [1.165, 1.54) is 0 Å². The molecule has 0 aliphatic rings. The van der Waals surface area contributed by atoms with Crippen LogP contribution >= 0.6 is 66.5 Å². The lowest BCUT2D eigenvalue weighted by molar-refractivity contribution is 0.117. The van der Waals surface area contributed by atoms with Gasteiger partial charge in [-0.1, -0.05) is 44.6 Å². The summed E-state index contributed by atoms with van der Waals surface area (Å²) in [4.78, 5) is 0. The lowest BCUT2D eigenvalue weighted by Crippen LogP contribution is -2.34. The highest BCUT2D eigenvalue weighted by Crippen LogP contribution is 2.29. The molecule has 0 aromatic heterocycles. The molecule has 0 aromatic carbocycles. The van der Waals surface area contributed by atoms with E-state index in [-0.39, 0.29) is 11.5 Å². The van der Waals surface area contributed by atoms with Crippen molar-refractivity contribution in [2.75, 3.05) is 13.2 Å². The molecule has 0 radical (unpaired) electrons. The smallest absolute Gasteiger partial charge is 0.369 e. The molecule has 0 heterocycles. The predicted octanol–water partition coefficient (Wildman–Crippen LogP) is 7.49. The molecule has 0 bridgehead atoms. The number of rotatable bonds is 11. The molecular weight excluding hydrogens is 481 g/mol. The molecule has 10 heteroatoms. The third-order valence-electron chi connectivity index (χ3n) is 2.71. The van der Waals surface area contributed by atoms with E-state index in [9.17, 15) is 0 Å². The van der Waals surface area contributed by atoms with Crippen LogP contribution in [0.5, 0.6) is 0 Å². The second-order valence-electron chi connectivity index (χ2n) is 5.79. The molecule has 0 rings (SSSR count). The Labute approximate surface area is 183 Å². The predicted molar refractivity (Wildman–Crippen MR) is 121 cm³/mol. The van der Waals surface area contributed by atoms with Gasteiger partial charge < -0.3 is 9.47 Å². The van der Waals surface area contributed by atoms with Crippen LogP contribution in [-0.2, 0) is 9.47 Å². The van der Waals surface area contributed by atoms with E-state index in [1.807, 2.05) is 27.7 Å². The first-order valence-electron chi connectivity index (χ1n) is 7.90. The van der Waals surface area contributed by atoms with Crippen LogP contribution in [0.4, 0.5) is 0 Å². The fourth-order valence-electron chi connectivity index (χ4n) is 1.53. The lowest BCUT2D eigenvalue weighted by Gasteiger charge is -2.22. The van der Waals surface area contributed by atoms with Crippen LogP contribution < -0.4 is 0 Å². The molecule has 0 spiro atoms. The minimum Gasteiger partial charge on any atom is -0.373 e. The molecule has 0 aliphatic heterocycles. The van der Waals surface area contributed by atoms with Crippen LogP contribution in [0.25, 0.3) is 0 Å². The Balaban J connectivity index is 0. The van der Waals surface area contributed by atoms with E-state index in [4.69, 9.17) is 75.9 Å². The van der Waals surface area contributed by atoms with Gasteiger partial charge in [-0.05, 0) is 26.7 Å². The Morgan fingerprint density at radius 2 is 1.16 bits per heavy atom. The van der Waals surface area contributed by atoms with Crippen molar-refractivity contribution in [2.24, 2.45) is 0 Å². The maximum absolute atomic E-state index is 5.88. The number of hydrogen-bond donors (Lipinski definition) is 0. The summed E-state index contributed by atoms with van der Waals surface area (Å²) in [7, 11) is 0. The molecule has 25 heavy (non-hydrogen) atoms. The van der Waals surface area contributed by atoms with Crippen molar-refractivity contribution >= 4 is 78.5 Å². The van der Waals surface area contributed by atoms with E-state index in [1.54, 1.807) is 0 Å². The summed E-state index contributed by atoms with van der Waals surface area (Å²) in [6.07, 6.45) is 2.49. The third kappa shape index (κ3) is 17.4. The zero-order valence-corrected chi connectivity index (χ0v) is 21.7. The third-order valence-corrected chi connectivity index (χ3v) is 9.59. The molecule has 0 aromatic rings. The van der Waals surface area contributed by atoms with E-state index >= 15 is 0 Å². The second-order valence-corrected chi connectivity index (χ2v) is 23.5. The Hall–Kier alpha value is 1.57. The standard InChI is InChI=1S/C8H15Cl3OSi.C7H13Cl3OSi/c1-4-5-8(13(9,10)11)12-6-7(2)3;1-4-7(12(8,9)10)11-5-6(2)3/h8H,2,4-6H2,1,3H3;7H,2,4-5H2,1,3H3. The van der Waals surface area contributed by atoms with Gasteiger partial charge in [0.15, 0.2) is 0 Å². The molecule has 150 valence electrons. The van der Waals surface area contributed by atoms with Crippen molar-refractivity contribution in [1.29, 1.82) is 0 Å². The highest BCUT2D eigenvalue weighted by atomic mass is 35.8. The van der Waals surface area contributed by atoms with Crippen LogP contribution in [0.1, 0.15) is 47.0 Å². The van der Waals surface area contributed by atoms with Gasteiger partial charge in [0.05, 0.1) is 24.7 Å². The van der Waals surface area contributed by atoms with E-state index in [0.717, 1.165) is 30.4 Å². The summed E-state index contributed by atoms with van der Waals surface area (Å²) < 4.78 is 10.9. The summed E-state index contributed by atoms with van der Waals surface area (Å²) in [6.45, 7) is 16.1. The Bertz CT molecular complexity index is 396. The first kappa shape index (κ1) is 28.8. The molecule has 2 atom stereocenters. The molecule has 0 saturated carbocycles. The summed E-state index contributed by atoms with van der Waals surface area (Å²) in [5, 5.41) is 0. The Morgan fingerprint density at radius 1 is 0.800 bits per heavy atom. The Morgan fingerprint density at radius 3 is 1.40 bits per heavy atom. The van der Waals surface area contributed by atoms with Gasteiger partial charge in [0.2, 0.25) is 0 Å². The van der Waals surface area contributed by atoms with Crippen LogP contribution in [0.3, 0.4) is 0 Å². The number of halogens is 6.